The quantitative estimate of drug-likeness (QED) is 0.786. The molecule has 0 aliphatic carbocycles. The normalized spacial score (nSPS) is 9.71. The maximum Gasteiger partial charge on any atom is 0.154 e. The van der Waals surface area contributed by atoms with E-state index in [1.807, 2.05) is 37.1 Å². The zero-order valence-electron chi connectivity index (χ0n) is 9.75. The van der Waals surface area contributed by atoms with E-state index >= 15 is 0 Å². The fraction of sp³-hybridized carbons (Fsp3) is 0.154. The van der Waals surface area contributed by atoms with Crippen LogP contribution in [0.1, 0.15) is 11.3 Å². The molecule has 1 aromatic heterocycles. The summed E-state index contributed by atoms with van der Waals surface area (Å²) < 4.78 is 0. The topological polar surface area (TPSA) is 52.8 Å². The molecule has 17 heavy (non-hydrogen) atoms. The molecular weight excluding hydrogens is 212 g/mol. The molecule has 0 atom stereocenters. The lowest BCUT2D eigenvalue weighted by molar-refractivity contribution is 1.04. The van der Waals surface area contributed by atoms with Crippen LogP contribution in [-0.4, -0.2) is 17.0 Å². The van der Waals surface area contributed by atoms with Gasteiger partial charge in [-0.3, -0.25) is 4.98 Å². The van der Waals surface area contributed by atoms with Crippen molar-refractivity contribution >= 4 is 11.5 Å². The Morgan fingerprint density at radius 1 is 1.24 bits per heavy atom. The molecule has 1 heterocycles. The van der Waals surface area contributed by atoms with Gasteiger partial charge >= 0.3 is 0 Å². The Balaban J connectivity index is 2.41. The predicted molar refractivity (Wildman–Crippen MR) is 66.0 cm³/mol. The molecule has 0 amide bonds. The summed E-state index contributed by atoms with van der Waals surface area (Å²) in [5.74, 6) is 0.794. The van der Waals surface area contributed by atoms with Gasteiger partial charge < -0.3 is 4.90 Å². The van der Waals surface area contributed by atoms with Crippen LogP contribution in [0.5, 0.6) is 0 Å². The van der Waals surface area contributed by atoms with Crippen LogP contribution in [0, 0.1) is 18.3 Å². The van der Waals surface area contributed by atoms with Gasteiger partial charge in [0.05, 0.1) is 17.3 Å². The molecule has 0 aliphatic heterocycles. The Morgan fingerprint density at radius 3 is 2.71 bits per heavy atom. The van der Waals surface area contributed by atoms with Crippen LogP contribution in [0.15, 0.2) is 36.7 Å². The third-order valence-corrected chi connectivity index (χ3v) is 2.54. The van der Waals surface area contributed by atoms with Crippen molar-refractivity contribution in [1.29, 1.82) is 5.26 Å². The van der Waals surface area contributed by atoms with E-state index in [1.165, 1.54) is 0 Å². The van der Waals surface area contributed by atoms with E-state index in [9.17, 15) is 0 Å². The summed E-state index contributed by atoms with van der Waals surface area (Å²) in [6, 6.07) is 9.53. The fourth-order valence-electron chi connectivity index (χ4n) is 1.64. The largest absolute Gasteiger partial charge is 0.328 e. The van der Waals surface area contributed by atoms with E-state index in [4.69, 9.17) is 5.26 Å². The van der Waals surface area contributed by atoms with Crippen LogP contribution >= 0.6 is 0 Å². The molecule has 0 saturated heterocycles. The summed E-state index contributed by atoms with van der Waals surface area (Å²) in [5, 5.41) is 8.87. The van der Waals surface area contributed by atoms with Gasteiger partial charge in [-0.2, -0.15) is 5.26 Å². The third-order valence-electron chi connectivity index (χ3n) is 2.54. The van der Waals surface area contributed by atoms with Crippen LogP contribution in [0.3, 0.4) is 0 Å². The monoisotopic (exact) mass is 224 g/mol. The maximum absolute atomic E-state index is 8.87. The maximum atomic E-state index is 8.87. The van der Waals surface area contributed by atoms with E-state index in [2.05, 4.69) is 16.0 Å². The number of aromatic nitrogens is 2. The first-order valence-electron chi connectivity index (χ1n) is 5.24. The lowest BCUT2D eigenvalue weighted by Gasteiger charge is -2.19. The summed E-state index contributed by atoms with van der Waals surface area (Å²) in [4.78, 5) is 10.4. The second-order valence-electron chi connectivity index (χ2n) is 3.69. The van der Waals surface area contributed by atoms with E-state index in [-0.39, 0.29) is 0 Å². The van der Waals surface area contributed by atoms with Crippen molar-refractivity contribution in [3.05, 3.63) is 47.9 Å². The van der Waals surface area contributed by atoms with Crippen molar-refractivity contribution in [2.24, 2.45) is 0 Å². The second kappa shape index (κ2) is 4.62. The standard InChI is InChI=1S/C13H12N4/c1-10-13(16-7-6-15-10)17(2)12-5-3-4-11(8-12)9-14/h3-8H,1-2H3. The van der Waals surface area contributed by atoms with Crippen LogP contribution in [0.2, 0.25) is 0 Å². The third kappa shape index (κ3) is 2.23. The van der Waals surface area contributed by atoms with E-state index in [0.29, 0.717) is 5.56 Å². The van der Waals surface area contributed by atoms with Crippen molar-refractivity contribution in [2.45, 2.75) is 6.92 Å². The number of anilines is 2. The molecule has 0 aliphatic rings. The summed E-state index contributed by atoms with van der Waals surface area (Å²) in [6.07, 6.45) is 3.32. The fourth-order valence-corrected chi connectivity index (χ4v) is 1.64. The summed E-state index contributed by atoms with van der Waals surface area (Å²) in [6.45, 7) is 1.91. The highest BCUT2D eigenvalue weighted by Gasteiger charge is 2.08. The molecule has 0 saturated carbocycles. The number of aryl methyl sites for hydroxylation is 1. The Morgan fingerprint density at radius 2 is 2.00 bits per heavy atom. The van der Waals surface area contributed by atoms with Gasteiger partial charge in [0, 0.05) is 25.1 Å². The Bertz CT molecular complexity index is 572. The van der Waals surface area contributed by atoms with Gasteiger partial charge in [0.15, 0.2) is 5.82 Å². The van der Waals surface area contributed by atoms with Gasteiger partial charge in [0.2, 0.25) is 0 Å². The first-order valence-corrected chi connectivity index (χ1v) is 5.24. The molecule has 2 rings (SSSR count). The molecule has 4 heteroatoms. The molecule has 2 aromatic rings. The molecular formula is C13H12N4. The summed E-state index contributed by atoms with van der Waals surface area (Å²) in [7, 11) is 1.91. The molecule has 0 fully saturated rings. The smallest absolute Gasteiger partial charge is 0.154 e. The molecule has 84 valence electrons. The van der Waals surface area contributed by atoms with Crippen molar-refractivity contribution in [2.75, 3.05) is 11.9 Å². The highest BCUT2D eigenvalue weighted by atomic mass is 15.2. The first kappa shape index (κ1) is 11.1. The zero-order chi connectivity index (χ0) is 12.3. The van der Waals surface area contributed by atoms with Crippen LogP contribution in [-0.2, 0) is 0 Å². The second-order valence-corrected chi connectivity index (χ2v) is 3.69. The lowest BCUT2D eigenvalue weighted by Crippen LogP contribution is -2.13. The number of nitriles is 1. The van der Waals surface area contributed by atoms with Gasteiger partial charge in [-0.05, 0) is 25.1 Å². The molecule has 0 spiro atoms. The molecule has 0 bridgehead atoms. The summed E-state index contributed by atoms with van der Waals surface area (Å²) >= 11 is 0. The molecule has 0 N–H and O–H groups in total. The van der Waals surface area contributed by atoms with Gasteiger partial charge in [0.25, 0.3) is 0 Å². The molecule has 1 aromatic carbocycles. The van der Waals surface area contributed by atoms with Crippen molar-refractivity contribution in [3.63, 3.8) is 0 Å². The minimum absolute atomic E-state index is 0.635. The number of rotatable bonds is 2. The Hall–Kier alpha value is -2.41. The SMILES string of the molecule is Cc1nccnc1N(C)c1cccc(C#N)c1. The van der Waals surface area contributed by atoms with Gasteiger partial charge in [-0.15, -0.1) is 0 Å². The molecule has 0 unspecified atom stereocenters. The van der Waals surface area contributed by atoms with E-state index in [0.717, 1.165) is 17.2 Å². The average Bonchev–Trinajstić information content (AvgIpc) is 2.38. The van der Waals surface area contributed by atoms with Gasteiger partial charge in [0.1, 0.15) is 0 Å². The minimum atomic E-state index is 0.635. The Labute approximate surface area is 100 Å². The van der Waals surface area contributed by atoms with Crippen LogP contribution < -0.4 is 4.90 Å². The predicted octanol–water partition coefficient (Wildman–Crippen LogP) is 2.42. The number of nitrogens with zero attached hydrogens (tertiary/aromatic N) is 4. The highest BCUT2D eigenvalue weighted by Crippen LogP contribution is 2.23. The van der Waals surface area contributed by atoms with Crippen molar-refractivity contribution < 1.29 is 0 Å². The van der Waals surface area contributed by atoms with E-state index in [1.54, 1.807) is 18.5 Å². The van der Waals surface area contributed by atoms with E-state index < -0.39 is 0 Å². The summed E-state index contributed by atoms with van der Waals surface area (Å²) in [5.41, 5.74) is 2.42. The van der Waals surface area contributed by atoms with Crippen molar-refractivity contribution in [3.8, 4) is 6.07 Å². The van der Waals surface area contributed by atoms with Crippen molar-refractivity contribution in [1.82, 2.24) is 9.97 Å². The number of hydrogen-bond donors (Lipinski definition) is 0. The van der Waals surface area contributed by atoms with Crippen LogP contribution in [0.25, 0.3) is 0 Å². The number of hydrogen-bond acceptors (Lipinski definition) is 4. The number of benzene rings is 1. The van der Waals surface area contributed by atoms with Gasteiger partial charge in [-0.1, -0.05) is 6.07 Å². The zero-order valence-corrected chi connectivity index (χ0v) is 9.75. The molecule has 0 radical (unpaired) electrons. The Kier molecular flexibility index (Phi) is 3.01. The lowest BCUT2D eigenvalue weighted by atomic mass is 10.2. The van der Waals surface area contributed by atoms with Crippen LogP contribution in [0.4, 0.5) is 11.5 Å². The average molecular weight is 224 g/mol. The molecule has 4 nitrogen and oxygen atoms in total. The highest BCUT2D eigenvalue weighted by molar-refractivity contribution is 5.62. The first-order chi connectivity index (χ1) is 8.22. The minimum Gasteiger partial charge on any atom is -0.328 e. The van der Waals surface area contributed by atoms with Gasteiger partial charge in [-0.25, -0.2) is 4.98 Å².